The zero-order chi connectivity index (χ0) is 13.1. The molecule has 0 spiro atoms. The predicted octanol–water partition coefficient (Wildman–Crippen LogP) is 4.04. The lowest BCUT2D eigenvalue weighted by atomic mass is 10.0. The van der Waals surface area contributed by atoms with Crippen LogP contribution in [0.3, 0.4) is 0 Å². The Morgan fingerprint density at radius 1 is 1.33 bits per heavy atom. The van der Waals surface area contributed by atoms with Gasteiger partial charge in [-0.3, -0.25) is 0 Å². The topological polar surface area (TPSA) is 26.3 Å². The van der Waals surface area contributed by atoms with Crippen molar-refractivity contribution in [1.29, 1.82) is 0 Å². The highest BCUT2D eigenvalue weighted by Gasteiger charge is 2.18. The lowest BCUT2D eigenvalue weighted by molar-refractivity contribution is 0.0528. The number of hydrogen-bond acceptors (Lipinski definition) is 3. The third-order valence-corrected chi connectivity index (χ3v) is 3.51. The molecule has 18 heavy (non-hydrogen) atoms. The molecule has 4 heteroatoms. The maximum Gasteiger partial charge on any atom is 0.339 e. The molecule has 0 radical (unpaired) electrons. The summed E-state index contributed by atoms with van der Waals surface area (Å²) in [6, 6.07) is 6.13. The summed E-state index contributed by atoms with van der Waals surface area (Å²) in [6.07, 6.45) is 0. The SMILES string of the molecule is CCOC(=O)c1csc(C)c1-c1ccc(F)cc1. The van der Waals surface area contributed by atoms with Crippen molar-refractivity contribution in [2.24, 2.45) is 0 Å². The smallest absolute Gasteiger partial charge is 0.339 e. The lowest BCUT2D eigenvalue weighted by Gasteiger charge is -2.05. The van der Waals surface area contributed by atoms with Gasteiger partial charge in [-0.15, -0.1) is 11.3 Å². The Morgan fingerprint density at radius 2 is 2.00 bits per heavy atom. The number of carbonyl (C=O) groups is 1. The van der Waals surface area contributed by atoms with Crippen molar-refractivity contribution in [2.75, 3.05) is 6.61 Å². The Bertz CT molecular complexity index is 558. The Balaban J connectivity index is 2.46. The first-order chi connectivity index (χ1) is 8.63. The monoisotopic (exact) mass is 264 g/mol. The fraction of sp³-hybridized carbons (Fsp3) is 0.214. The van der Waals surface area contributed by atoms with Gasteiger partial charge < -0.3 is 4.74 Å². The minimum atomic E-state index is -0.332. The van der Waals surface area contributed by atoms with E-state index in [1.165, 1.54) is 23.5 Å². The van der Waals surface area contributed by atoms with Crippen LogP contribution in [0.5, 0.6) is 0 Å². The standard InChI is InChI=1S/C14H13FO2S/c1-3-17-14(16)12-8-18-9(2)13(12)10-4-6-11(15)7-5-10/h4-8H,3H2,1-2H3. The lowest BCUT2D eigenvalue weighted by Crippen LogP contribution is -2.04. The summed E-state index contributed by atoms with van der Waals surface area (Å²) in [4.78, 5) is 12.8. The molecule has 0 aliphatic heterocycles. The molecule has 1 heterocycles. The Morgan fingerprint density at radius 3 is 2.61 bits per heavy atom. The summed E-state index contributed by atoms with van der Waals surface area (Å²) in [5.41, 5.74) is 2.21. The molecule has 0 amide bonds. The van der Waals surface area contributed by atoms with Crippen molar-refractivity contribution in [3.63, 3.8) is 0 Å². The van der Waals surface area contributed by atoms with Gasteiger partial charge in [-0.05, 0) is 31.5 Å². The van der Waals surface area contributed by atoms with Gasteiger partial charge in [0.15, 0.2) is 0 Å². The minimum Gasteiger partial charge on any atom is -0.462 e. The Hall–Kier alpha value is -1.68. The summed E-state index contributed by atoms with van der Waals surface area (Å²) in [5, 5.41) is 1.78. The molecule has 0 saturated carbocycles. The van der Waals surface area contributed by atoms with E-state index in [0.29, 0.717) is 12.2 Å². The van der Waals surface area contributed by atoms with Crippen LogP contribution in [0.15, 0.2) is 29.6 Å². The van der Waals surface area contributed by atoms with Gasteiger partial charge >= 0.3 is 5.97 Å². The van der Waals surface area contributed by atoms with Crippen molar-refractivity contribution in [2.45, 2.75) is 13.8 Å². The molecule has 0 unspecified atom stereocenters. The van der Waals surface area contributed by atoms with Crippen LogP contribution < -0.4 is 0 Å². The van der Waals surface area contributed by atoms with E-state index in [9.17, 15) is 9.18 Å². The molecular weight excluding hydrogens is 251 g/mol. The van der Waals surface area contributed by atoms with Crippen LogP contribution in [0.2, 0.25) is 0 Å². The zero-order valence-corrected chi connectivity index (χ0v) is 11.0. The first-order valence-corrected chi connectivity index (χ1v) is 6.52. The number of esters is 1. The minimum absolute atomic E-state index is 0.288. The van der Waals surface area contributed by atoms with Crippen LogP contribution in [0.1, 0.15) is 22.2 Å². The first-order valence-electron chi connectivity index (χ1n) is 5.64. The van der Waals surface area contributed by atoms with Crippen molar-refractivity contribution in [3.05, 3.63) is 45.9 Å². The predicted molar refractivity (Wildman–Crippen MR) is 70.4 cm³/mol. The largest absolute Gasteiger partial charge is 0.462 e. The third-order valence-electron chi connectivity index (χ3n) is 2.60. The fourth-order valence-electron chi connectivity index (χ4n) is 1.79. The molecular formula is C14H13FO2S. The number of carbonyl (C=O) groups excluding carboxylic acids is 1. The summed E-state index contributed by atoms with van der Waals surface area (Å²) in [7, 11) is 0. The molecule has 94 valence electrons. The van der Waals surface area contributed by atoms with Gasteiger partial charge in [0, 0.05) is 15.8 Å². The quantitative estimate of drug-likeness (QED) is 0.782. The number of rotatable bonds is 3. The van der Waals surface area contributed by atoms with Gasteiger partial charge in [-0.2, -0.15) is 0 Å². The molecule has 2 aromatic rings. The Labute approximate surface area is 109 Å². The van der Waals surface area contributed by atoms with E-state index >= 15 is 0 Å². The zero-order valence-electron chi connectivity index (χ0n) is 10.2. The highest BCUT2D eigenvalue weighted by molar-refractivity contribution is 7.10. The molecule has 2 nitrogen and oxygen atoms in total. The number of halogens is 1. The number of benzene rings is 1. The van der Waals surface area contributed by atoms with E-state index in [1.54, 1.807) is 24.4 Å². The maximum atomic E-state index is 12.9. The second-order valence-corrected chi connectivity index (χ2v) is 4.89. The van der Waals surface area contributed by atoms with E-state index in [4.69, 9.17) is 4.74 Å². The van der Waals surface area contributed by atoms with Crippen LogP contribution in [-0.4, -0.2) is 12.6 Å². The van der Waals surface area contributed by atoms with Crippen LogP contribution in [0, 0.1) is 12.7 Å². The summed E-state index contributed by atoms with van der Waals surface area (Å²) in [5.74, 6) is -0.620. The van der Waals surface area contributed by atoms with Crippen molar-refractivity contribution in [1.82, 2.24) is 0 Å². The van der Waals surface area contributed by atoms with E-state index in [-0.39, 0.29) is 11.8 Å². The third kappa shape index (κ3) is 2.43. The number of thiophene rings is 1. The van der Waals surface area contributed by atoms with Crippen LogP contribution in [0.4, 0.5) is 4.39 Å². The molecule has 1 aromatic heterocycles. The summed E-state index contributed by atoms with van der Waals surface area (Å²) >= 11 is 1.49. The highest BCUT2D eigenvalue weighted by atomic mass is 32.1. The van der Waals surface area contributed by atoms with Crippen LogP contribution in [-0.2, 0) is 4.74 Å². The van der Waals surface area contributed by atoms with Crippen molar-refractivity contribution < 1.29 is 13.9 Å². The van der Waals surface area contributed by atoms with E-state index < -0.39 is 0 Å². The average Bonchev–Trinajstić information content (AvgIpc) is 2.73. The molecule has 0 atom stereocenters. The van der Waals surface area contributed by atoms with Gasteiger partial charge in [-0.1, -0.05) is 12.1 Å². The normalized spacial score (nSPS) is 10.4. The average molecular weight is 264 g/mol. The van der Waals surface area contributed by atoms with Crippen molar-refractivity contribution in [3.8, 4) is 11.1 Å². The van der Waals surface area contributed by atoms with E-state index in [2.05, 4.69) is 0 Å². The molecule has 1 aromatic carbocycles. The molecule has 0 saturated heterocycles. The molecule has 0 bridgehead atoms. The molecule has 0 aliphatic carbocycles. The van der Waals surface area contributed by atoms with Crippen molar-refractivity contribution >= 4 is 17.3 Å². The van der Waals surface area contributed by atoms with E-state index in [0.717, 1.165) is 16.0 Å². The van der Waals surface area contributed by atoms with Gasteiger partial charge in [0.1, 0.15) is 5.82 Å². The number of ether oxygens (including phenoxy) is 1. The number of aryl methyl sites for hydroxylation is 1. The van der Waals surface area contributed by atoms with Crippen LogP contribution in [0.25, 0.3) is 11.1 Å². The molecule has 0 N–H and O–H groups in total. The van der Waals surface area contributed by atoms with E-state index in [1.807, 2.05) is 6.92 Å². The van der Waals surface area contributed by atoms with Gasteiger partial charge in [-0.25, -0.2) is 9.18 Å². The maximum absolute atomic E-state index is 12.9. The molecule has 0 aliphatic rings. The highest BCUT2D eigenvalue weighted by Crippen LogP contribution is 2.32. The molecule has 0 fully saturated rings. The summed E-state index contributed by atoms with van der Waals surface area (Å²) < 4.78 is 17.9. The van der Waals surface area contributed by atoms with Gasteiger partial charge in [0.25, 0.3) is 0 Å². The van der Waals surface area contributed by atoms with Gasteiger partial charge in [0.05, 0.1) is 12.2 Å². The number of hydrogen-bond donors (Lipinski definition) is 0. The molecule has 2 rings (SSSR count). The first kappa shape index (κ1) is 12.8. The van der Waals surface area contributed by atoms with Gasteiger partial charge in [0.2, 0.25) is 0 Å². The Kier molecular flexibility index (Phi) is 3.77. The summed E-state index contributed by atoms with van der Waals surface area (Å²) in [6.45, 7) is 4.05. The second-order valence-electron chi connectivity index (χ2n) is 3.81. The van der Waals surface area contributed by atoms with Crippen LogP contribution >= 0.6 is 11.3 Å². The second kappa shape index (κ2) is 5.31. The fourth-order valence-corrected chi connectivity index (χ4v) is 2.64.